The summed E-state index contributed by atoms with van der Waals surface area (Å²) in [6.07, 6.45) is 5.39. The summed E-state index contributed by atoms with van der Waals surface area (Å²) >= 11 is 8.37. The monoisotopic (exact) mass is 429 g/mol. The number of thioether (sulfide) groups is 1. The van der Waals surface area contributed by atoms with E-state index in [-0.39, 0.29) is 12.3 Å². The summed E-state index contributed by atoms with van der Waals surface area (Å²) in [5.74, 6) is -0.975. The smallest absolute Gasteiger partial charge is 0.303 e. The van der Waals surface area contributed by atoms with Gasteiger partial charge in [-0.2, -0.15) is 0 Å². The largest absolute Gasteiger partial charge is 0.481 e. The minimum Gasteiger partial charge on any atom is -0.481 e. The Kier molecular flexibility index (Phi) is 5.66. The van der Waals surface area contributed by atoms with Gasteiger partial charge in [-0.15, -0.1) is 11.3 Å². The van der Waals surface area contributed by atoms with E-state index in [1.165, 1.54) is 38.2 Å². The number of thiophene rings is 1. The van der Waals surface area contributed by atoms with Gasteiger partial charge >= 0.3 is 5.97 Å². The van der Waals surface area contributed by atoms with Gasteiger partial charge < -0.3 is 5.11 Å². The highest BCUT2D eigenvalue weighted by Crippen LogP contribution is 2.36. The highest BCUT2D eigenvalue weighted by atomic mass is 32.2. The topological polar surface area (TPSA) is 57.6 Å². The predicted octanol–water partition coefficient (Wildman–Crippen LogP) is 4.50. The summed E-state index contributed by atoms with van der Waals surface area (Å²) in [7, 11) is 0. The van der Waals surface area contributed by atoms with Crippen LogP contribution in [0.4, 0.5) is 0 Å². The Balaban J connectivity index is 1.51. The maximum absolute atomic E-state index is 12.7. The average molecular weight is 430 g/mol. The molecule has 1 fully saturated rings. The molecule has 1 aliphatic carbocycles. The third-order valence-corrected chi connectivity index (χ3v) is 7.52. The second-order valence-corrected chi connectivity index (χ2v) is 9.72. The zero-order valence-electron chi connectivity index (χ0n) is 15.1. The van der Waals surface area contributed by atoms with Crippen molar-refractivity contribution in [3.05, 3.63) is 61.7 Å². The molecule has 1 saturated heterocycles. The number of benzene rings is 1. The summed E-state index contributed by atoms with van der Waals surface area (Å²) in [6.45, 7) is 0.353. The summed E-state index contributed by atoms with van der Waals surface area (Å²) in [5, 5.41) is 8.78. The predicted molar refractivity (Wildman–Crippen MR) is 118 cm³/mol. The molecule has 4 rings (SSSR count). The summed E-state index contributed by atoms with van der Waals surface area (Å²) in [6, 6.07) is 10.8. The van der Waals surface area contributed by atoms with Gasteiger partial charge in [-0.1, -0.05) is 48.2 Å². The Labute approximate surface area is 177 Å². The lowest BCUT2D eigenvalue weighted by Gasteiger charge is -2.13. The van der Waals surface area contributed by atoms with E-state index in [9.17, 15) is 9.59 Å². The number of amides is 1. The number of hydrogen-bond acceptors (Lipinski definition) is 5. The van der Waals surface area contributed by atoms with Gasteiger partial charge in [0.05, 0.1) is 4.91 Å². The van der Waals surface area contributed by atoms with E-state index in [0.717, 1.165) is 24.1 Å². The molecule has 2 aliphatic rings. The van der Waals surface area contributed by atoms with Crippen LogP contribution in [0.25, 0.3) is 6.08 Å². The third kappa shape index (κ3) is 4.06. The number of hydrogen-bond donors (Lipinski definition) is 1. The third-order valence-electron chi connectivity index (χ3n) is 4.96. The maximum atomic E-state index is 12.7. The molecule has 2 aromatic rings. The van der Waals surface area contributed by atoms with Crippen LogP contribution in [0.5, 0.6) is 0 Å². The van der Waals surface area contributed by atoms with Gasteiger partial charge in [0, 0.05) is 22.7 Å². The number of rotatable bonds is 5. The van der Waals surface area contributed by atoms with Crippen LogP contribution in [0.2, 0.25) is 0 Å². The van der Waals surface area contributed by atoms with Crippen molar-refractivity contribution in [3.63, 3.8) is 0 Å². The molecule has 0 radical (unpaired) electrons. The van der Waals surface area contributed by atoms with Crippen molar-refractivity contribution in [1.29, 1.82) is 0 Å². The molecule has 28 heavy (non-hydrogen) atoms. The number of carbonyl (C=O) groups is 2. The summed E-state index contributed by atoms with van der Waals surface area (Å²) < 4.78 is 0.508. The summed E-state index contributed by atoms with van der Waals surface area (Å²) in [5.41, 5.74) is 4.16. The fourth-order valence-corrected chi connectivity index (χ4v) is 6.06. The molecule has 1 amide bonds. The molecule has 1 aromatic heterocycles. The molecule has 1 aliphatic heterocycles. The number of carboxylic acid groups (broad SMARTS) is 1. The molecule has 7 heteroatoms. The van der Waals surface area contributed by atoms with Crippen molar-refractivity contribution < 1.29 is 14.7 Å². The molecule has 1 aromatic carbocycles. The molecule has 0 unspecified atom stereocenters. The van der Waals surface area contributed by atoms with Crippen molar-refractivity contribution in [2.45, 2.75) is 32.1 Å². The van der Waals surface area contributed by atoms with E-state index >= 15 is 0 Å². The van der Waals surface area contributed by atoms with Gasteiger partial charge in [-0.25, -0.2) is 0 Å². The molecular weight excluding hydrogens is 410 g/mol. The lowest BCUT2D eigenvalue weighted by atomic mass is 10.0. The van der Waals surface area contributed by atoms with Gasteiger partial charge in [-0.05, 0) is 54.5 Å². The molecule has 0 spiro atoms. The van der Waals surface area contributed by atoms with Crippen molar-refractivity contribution in [1.82, 2.24) is 4.90 Å². The quantitative estimate of drug-likeness (QED) is 0.560. The first-order valence-electron chi connectivity index (χ1n) is 9.17. The van der Waals surface area contributed by atoms with Crippen LogP contribution in [-0.4, -0.2) is 32.7 Å². The number of carboxylic acids is 1. The van der Waals surface area contributed by atoms with Gasteiger partial charge in [-0.3, -0.25) is 14.5 Å². The second kappa shape index (κ2) is 8.19. The van der Waals surface area contributed by atoms with E-state index in [2.05, 4.69) is 30.3 Å². The van der Waals surface area contributed by atoms with Crippen LogP contribution in [0.1, 0.15) is 39.3 Å². The average Bonchev–Trinajstić information content (AvgIpc) is 3.09. The van der Waals surface area contributed by atoms with Crippen molar-refractivity contribution in [2.24, 2.45) is 0 Å². The molecule has 1 N–H and O–H groups in total. The van der Waals surface area contributed by atoms with Gasteiger partial charge in [0.2, 0.25) is 0 Å². The number of thiocarbonyl (C=S) groups is 1. The van der Waals surface area contributed by atoms with E-state index in [1.54, 1.807) is 11.3 Å². The first-order valence-corrected chi connectivity index (χ1v) is 11.2. The standard InChI is InChI=1S/C21H19NO3S3/c23-19(24)6-3-9-22-20(25)18(28-21(22)26)12-16-11-15-10-14-5-2-1-4-13(14)7-8-17(15)27-16/h1-2,4-5,11-12H,3,6-10H2,(H,23,24)/b18-12+. The highest BCUT2D eigenvalue weighted by Gasteiger charge is 2.32. The Bertz CT molecular complexity index is 993. The molecule has 0 bridgehead atoms. The van der Waals surface area contributed by atoms with Gasteiger partial charge in [0.15, 0.2) is 0 Å². The van der Waals surface area contributed by atoms with Crippen molar-refractivity contribution in [2.75, 3.05) is 6.54 Å². The molecular formula is C21H19NO3S3. The fraction of sp³-hybridized carbons (Fsp3) is 0.286. The van der Waals surface area contributed by atoms with Crippen molar-refractivity contribution >= 4 is 57.6 Å². The molecule has 2 heterocycles. The van der Waals surface area contributed by atoms with E-state index in [4.69, 9.17) is 17.3 Å². The van der Waals surface area contributed by atoms with E-state index < -0.39 is 5.97 Å². The molecule has 0 saturated carbocycles. The zero-order chi connectivity index (χ0) is 19.7. The maximum Gasteiger partial charge on any atom is 0.303 e. The molecule has 4 nitrogen and oxygen atoms in total. The summed E-state index contributed by atoms with van der Waals surface area (Å²) in [4.78, 5) is 28.0. The number of aryl methyl sites for hydroxylation is 2. The number of nitrogens with zero attached hydrogens (tertiary/aromatic N) is 1. The number of carbonyl (C=O) groups excluding carboxylic acids is 1. The first-order chi connectivity index (χ1) is 13.5. The minimum atomic E-state index is -0.859. The van der Waals surface area contributed by atoms with Crippen molar-refractivity contribution in [3.8, 4) is 0 Å². The molecule has 144 valence electrons. The zero-order valence-corrected chi connectivity index (χ0v) is 17.6. The lowest BCUT2D eigenvalue weighted by Crippen LogP contribution is -2.29. The van der Waals surface area contributed by atoms with Crippen LogP contribution >= 0.6 is 35.3 Å². The normalized spacial score (nSPS) is 17.6. The van der Waals surface area contributed by atoms with Crippen LogP contribution < -0.4 is 0 Å². The highest BCUT2D eigenvalue weighted by molar-refractivity contribution is 8.26. The van der Waals surface area contributed by atoms with Crippen LogP contribution in [0.3, 0.4) is 0 Å². The molecule has 0 atom stereocenters. The first kappa shape index (κ1) is 19.4. The number of fused-ring (bicyclic) bond motifs is 2. The van der Waals surface area contributed by atoms with Gasteiger partial charge in [0.25, 0.3) is 5.91 Å². The Morgan fingerprint density at radius 1 is 1.21 bits per heavy atom. The Morgan fingerprint density at radius 2 is 2.00 bits per heavy atom. The van der Waals surface area contributed by atoms with E-state index in [1.807, 2.05) is 6.08 Å². The SMILES string of the molecule is O=C(O)CCCN1C(=O)/C(=C\c2cc3c(s2)CCc2ccccc2C3)SC1=S. The Hall–Kier alpha value is -1.96. The van der Waals surface area contributed by atoms with Gasteiger partial charge in [0.1, 0.15) is 4.32 Å². The van der Waals surface area contributed by atoms with E-state index in [0.29, 0.717) is 22.2 Å². The fourth-order valence-electron chi connectivity index (χ4n) is 3.56. The van der Waals surface area contributed by atoms with Crippen LogP contribution in [0, 0.1) is 0 Å². The van der Waals surface area contributed by atoms with Crippen LogP contribution in [-0.2, 0) is 28.9 Å². The lowest BCUT2D eigenvalue weighted by molar-refractivity contribution is -0.137. The number of aliphatic carboxylic acids is 1. The van der Waals surface area contributed by atoms with Crippen LogP contribution in [0.15, 0.2) is 35.2 Å². The second-order valence-electron chi connectivity index (χ2n) is 6.87. The Morgan fingerprint density at radius 3 is 2.79 bits per heavy atom. The minimum absolute atomic E-state index is 0.0369.